The van der Waals surface area contributed by atoms with Crippen LogP contribution in [-0.4, -0.2) is 9.97 Å². The molecule has 0 fully saturated rings. The standard InChI is InChI=1S/C14H11N3/c15-11-6-7-13-12(8-11)14(17-9-16-13)10-4-2-1-3-5-10/h1-9H,15H2. The first-order chi connectivity index (χ1) is 8.34. The van der Waals surface area contributed by atoms with E-state index >= 15 is 0 Å². The van der Waals surface area contributed by atoms with Gasteiger partial charge in [-0.25, -0.2) is 9.97 Å². The van der Waals surface area contributed by atoms with E-state index in [2.05, 4.69) is 9.97 Å². The number of hydrogen-bond acceptors (Lipinski definition) is 3. The molecule has 0 saturated carbocycles. The SMILES string of the molecule is Nc1ccc2ncnc(-c3ccccc3)c2c1. The Bertz CT molecular complexity index is 663. The molecule has 0 spiro atoms. The molecule has 0 aliphatic heterocycles. The third-order valence-corrected chi connectivity index (χ3v) is 2.71. The summed E-state index contributed by atoms with van der Waals surface area (Å²) in [4.78, 5) is 8.59. The van der Waals surface area contributed by atoms with Gasteiger partial charge in [-0.05, 0) is 18.2 Å². The molecule has 3 rings (SSSR count). The van der Waals surface area contributed by atoms with E-state index in [0.29, 0.717) is 0 Å². The quantitative estimate of drug-likeness (QED) is 0.643. The van der Waals surface area contributed by atoms with Gasteiger partial charge in [0, 0.05) is 16.6 Å². The number of nitrogens with two attached hydrogens (primary N) is 1. The van der Waals surface area contributed by atoms with E-state index in [1.165, 1.54) is 0 Å². The fourth-order valence-electron chi connectivity index (χ4n) is 1.90. The summed E-state index contributed by atoms with van der Waals surface area (Å²) in [5, 5.41) is 0.985. The van der Waals surface area contributed by atoms with Gasteiger partial charge in [0.2, 0.25) is 0 Å². The third-order valence-electron chi connectivity index (χ3n) is 2.71. The van der Waals surface area contributed by atoms with Crippen LogP contribution in [0.2, 0.25) is 0 Å². The number of fused-ring (bicyclic) bond motifs is 1. The van der Waals surface area contributed by atoms with Gasteiger partial charge in [0.05, 0.1) is 11.2 Å². The van der Waals surface area contributed by atoms with Gasteiger partial charge in [-0.3, -0.25) is 0 Å². The van der Waals surface area contributed by atoms with Crippen LogP contribution in [0.3, 0.4) is 0 Å². The molecular formula is C14H11N3. The molecule has 1 heterocycles. The first-order valence-electron chi connectivity index (χ1n) is 5.40. The lowest BCUT2D eigenvalue weighted by Gasteiger charge is -2.05. The van der Waals surface area contributed by atoms with Crippen molar-refractivity contribution in [2.75, 3.05) is 5.73 Å². The second-order valence-electron chi connectivity index (χ2n) is 3.86. The van der Waals surface area contributed by atoms with Crippen LogP contribution >= 0.6 is 0 Å². The summed E-state index contributed by atoms with van der Waals surface area (Å²) < 4.78 is 0. The Hall–Kier alpha value is -2.42. The van der Waals surface area contributed by atoms with E-state index in [4.69, 9.17) is 5.73 Å². The maximum absolute atomic E-state index is 5.82. The van der Waals surface area contributed by atoms with Crippen molar-refractivity contribution in [1.82, 2.24) is 9.97 Å². The first-order valence-corrected chi connectivity index (χ1v) is 5.40. The molecule has 3 heteroatoms. The van der Waals surface area contributed by atoms with Crippen molar-refractivity contribution in [2.24, 2.45) is 0 Å². The van der Waals surface area contributed by atoms with Crippen LogP contribution in [0.15, 0.2) is 54.9 Å². The summed E-state index contributed by atoms with van der Waals surface area (Å²) in [5.74, 6) is 0. The Balaban J connectivity index is 2.33. The van der Waals surface area contributed by atoms with E-state index in [1.807, 2.05) is 48.5 Å². The summed E-state index contributed by atoms with van der Waals surface area (Å²) in [5.41, 5.74) is 9.45. The average molecular weight is 221 g/mol. The van der Waals surface area contributed by atoms with Crippen molar-refractivity contribution in [2.45, 2.75) is 0 Å². The van der Waals surface area contributed by atoms with Crippen LogP contribution in [0, 0.1) is 0 Å². The van der Waals surface area contributed by atoms with E-state index in [1.54, 1.807) is 6.33 Å². The maximum Gasteiger partial charge on any atom is 0.116 e. The lowest BCUT2D eigenvalue weighted by atomic mass is 10.1. The number of aromatic nitrogens is 2. The lowest BCUT2D eigenvalue weighted by molar-refractivity contribution is 1.22. The zero-order valence-corrected chi connectivity index (χ0v) is 9.17. The highest BCUT2D eigenvalue weighted by Crippen LogP contribution is 2.26. The average Bonchev–Trinajstić information content (AvgIpc) is 2.39. The van der Waals surface area contributed by atoms with Crippen LogP contribution in [0.1, 0.15) is 0 Å². The van der Waals surface area contributed by atoms with Gasteiger partial charge in [-0.15, -0.1) is 0 Å². The largest absolute Gasteiger partial charge is 0.399 e. The van der Waals surface area contributed by atoms with Gasteiger partial charge >= 0.3 is 0 Å². The number of anilines is 1. The molecule has 0 aliphatic carbocycles. The topological polar surface area (TPSA) is 51.8 Å². The predicted molar refractivity (Wildman–Crippen MR) is 69.4 cm³/mol. The zero-order chi connectivity index (χ0) is 11.7. The van der Waals surface area contributed by atoms with Crippen molar-refractivity contribution in [3.05, 3.63) is 54.9 Å². The highest BCUT2D eigenvalue weighted by Gasteiger charge is 2.05. The van der Waals surface area contributed by atoms with Gasteiger partial charge in [0.25, 0.3) is 0 Å². The monoisotopic (exact) mass is 221 g/mol. The number of benzene rings is 2. The summed E-state index contributed by atoms with van der Waals surface area (Å²) in [6.45, 7) is 0. The normalized spacial score (nSPS) is 10.6. The molecule has 0 bridgehead atoms. The van der Waals surface area contributed by atoms with Crippen molar-refractivity contribution >= 4 is 16.6 Å². The van der Waals surface area contributed by atoms with Crippen LogP contribution < -0.4 is 5.73 Å². The van der Waals surface area contributed by atoms with Crippen molar-refractivity contribution in [3.8, 4) is 11.3 Å². The number of rotatable bonds is 1. The fourth-order valence-corrected chi connectivity index (χ4v) is 1.90. The van der Waals surface area contributed by atoms with Gasteiger partial charge in [0.15, 0.2) is 0 Å². The minimum absolute atomic E-state index is 0.726. The zero-order valence-electron chi connectivity index (χ0n) is 9.17. The van der Waals surface area contributed by atoms with Crippen molar-refractivity contribution in [1.29, 1.82) is 0 Å². The lowest BCUT2D eigenvalue weighted by Crippen LogP contribution is -1.91. The molecule has 3 aromatic rings. The molecule has 82 valence electrons. The molecule has 0 aliphatic rings. The van der Waals surface area contributed by atoms with E-state index in [-0.39, 0.29) is 0 Å². The van der Waals surface area contributed by atoms with E-state index < -0.39 is 0 Å². The van der Waals surface area contributed by atoms with Gasteiger partial charge in [0.1, 0.15) is 6.33 Å². The Morgan fingerprint density at radius 1 is 0.882 bits per heavy atom. The third kappa shape index (κ3) is 1.72. The molecule has 0 unspecified atom stereocenters. The molecule has 2 aromatic carbocycles. The molecule has 0 amide bonds. The minimum Gasteiger partial charge on any atom is -0.399 e. The first kappa shape index (κ1) is 9.78. The molecule has 1 aromatic heterocycles. The fraction of sp³-hybridized carbons (Fsp3) is 0. The number of nitrogens with zero attached hydrogens (tertiary/aromatic N) is 2. The molecule has 0 radical (unpaired) electrons. The molecule has 0 saturated heterocycles. The highest BCUT2D eigenvalue weighted by atomic mass is 14.8. The van der Waals surface area contributed by atoms with Gasteiger partial charge in [-0.1, -0.05) is 30.3 Å². The summed E-state index contributed by atoms with van der Waals surface area (Å²) >= 11 is 0. The second-order valence-corrected chi connectivity index (χ2v) is 3.86. The minimum atomic E-state index is 0.726. The van der Waals surface area contributed by atoms with Crippen LogP contribution in [0.4, 0.5) is 5.69 Å². The molecule has 2 N–H and O–H groups in total. The van der Waals surface area contributed by atoms with Crippen LogP contribution in [0.25, 0.3) is 22.2 Å². The maximum atomic E-state index is 5.82. The van der Waals surface area contributed by atoms with Crippen molar-refractivity contribution in [3.63, 3.8) is 0 Å². The predicted octanol–water partition coefficient (Wildman–Crippen LogP) is 2.88. The molecular weight excluding hydrogens is 210 g/mol. The summed E-state index contributed by atoms with van der Waals surface area (Å²) in [6, 6.07) is 15.7. The highest BCUT2D eigenvalue weighted by molar-refractivity contribution is 5.93. The Labute approximate surface area is 98.9 Å². The smallest absolute Gasteiger partial charge is 0.116 e. The molecule has 17 heavy (non-hydrogen) atoms. The van der Waals surface area contributed by atoms with E-state index in [0.717, 1.165) is 27.8 Å². The van der Waals surface area contributed by atoms with Crippen LogP contribution in [0.5, 0.6) is 0 Å². The summed E-state index contributed by atoms with van der Waals surface area (Å²) in [6.07, 6.45) is 1.58. The second kappa shape index (κ2) is 3.87. The number of nitrogen functional groups attached to an aromatic ring is 1. The Kier molecular flexibility index (Phi) is 2.22. The van der Waals surface area contributed by atoms with Crippen LogP contribution in [-0.2, 0) is 0 Å². The molecule has 0 atom stereocenters. The molecule has 3 nitrogen and oxygen atoms in total. The van der Waals surface area contributed by atoms with Gasteiger partial charge < -0.3 is 5.73 Å². The number of hydrogen-bond donors (Lipinski definition) is 1. The Morgan fingerprint density at radius 3 is 2.53 bits per heavy atom. The summed E-state index contributed by atoms with van der Waals surface area (Å²) in [7, 11) is 0. The Morgan fingerprint density at radius 2 is 1.71 bits per heavy atom. The van der Waals surface area contributed by atoms with Crippen molar-refractivity contribution < 1.29 is 0 Å². The van der Waals surface area contributed by atoms with E-state index in [9.17, 15) is 0 Å². The van der Waals surface area contributed by atoms with Gasteiger partial charge in [-0.2, -0.15) is 0 Å².